The van der Waals surface area contributed by atoms with Gasteiger partial charge in [-0.2, -0.15) is 0 Å². The van der Waals surface area contributed by atoms with Gasteiger partial charge in [-0.1, -0.05) is 6.92 Å². The van der Waals surface area contributed by atoms with Crippen molar-refractivity contribution in [2.75, 3.05) is 31.8 Å². The van der Waals surface area contributed by atoms with Gasteiger partial charge in [0.25, 0.3) is 5.91 Å². The normalized spacial score (nSPS) is 13.1. The molecule has 2 rings (SSSR count). The summed E-state index contributed by atoms with van der Waals surface area (Å²) in [6.07, 6.45) is 0.879. The first-order chi connectivity index (χ1) is 14.6. The average molecular weight is 451 g/mol. The number of hydrogen-bond donors (Lipinski definition) is 1. The Morgan fingerprint density at radius 3 is 2.19 bits per heavy atom. The van der Waals surface area contributed by atoms with E-state index in [9.17, 15) is 13.2 Å². The lowest BCUT2D eigenvalue weighted by Gasteiger charge is -2.22. The number of hydrogen-bond acceptors (Lipinski definition) is 6. The molecule has 2 atom stereocenters. The van der Waals surface area contributed by atoms with E-state index < -0.39 is 16.1 Å². The molecule has 1 amide bonds. The third-order valence-corrected chi connectivity index (χ3v) is 6.11. The quantitative estimate of drug-likeness (QED) is 0.598. The van der Waals surface area contributed by atoms with Crippen LogP contribution in [0.5, 0.6) is 17.2 Å². The Balaban J connectivity index is 2.10. The van der Waals surface area contributed by atoms with Crippen LogP contribution in [0.2, 0.25) is 0 Å². The van der Waals surface area contributed by atoms with Gasteiger partial charge in [0.2, 0.25) is 10.0 Å². The Morgan fingerprint density at radius 2 is 1.68 bits per heavy atom. The lowest BCUT2D eigenvalue weighted by atomic mass is 10.1. The predicted octanol–water partition coefficient (Wildman–Crippen LogP) is 3.13. The second-order valence-electron chi connectivity index (χ2n) is 7.08. The highest BCUT2D eigenvalue weighted by Gasteiger charge is 2.23. The molecular weight excluding hydrogens is 420 g/mol. The molecule has 0 spiro atoms. The molecule has 0 saturated heterocycles. The van der Waals surface area contributed by atoms with Gasteiger partial charge < -0.3 is 19.5 Å². The monoisotopic (exact) mass is 450 g/mol. The van der Waals surface area contributed by atoms with E-state index in [1.54, 1.807) is 50.6 Å². The van der Waals surface area contributed by atoms with Gasteiger partial charge in [0.1, 0.15) is 17.2 Å². The summed E-state index contributed by atoms with van der Waals surface area (Å²) < 4.78 is 41.0. The van der Waals surface area contributed by atoms with Gasteiger partial charge in [0.15, 0.2) is 6.10 Å². The number of rotatable bonds is 10. The van der Waals surface area contributed by atoms with E-state index in [0.29, 0.717) is 29.4 Å². The van der Waals surface area contributed by atoms with Crippen molar-refractivity contribution >= 4 is 21.6 Å². The summed E-state index contributed by atoms with van der Waals surface area (Å²) in [5, 5.41) is 2.96. The maximum atomic E-state index is 12.8. The van der Waals surface area contributed by atoms with E-state index in [1.165, 1.54) is 11.4 Å². The zero-order chi connectivity index (χ0) is 23.2. The van der Waals surface area contributed by atoms with Crippen LogP contribution in [0.25, 0.3) is 0 Å². The Bertz CT molecular complexity index is 992. The highest BCUT2D eigenvalue weighted by atomic mass is 32.2. The number of nitrogens with zero attached hydrogens (tertiary/aromatic N) is 1. The Labute approximate surface area is 184 Å². The third-order valence-electron chi connectivity index (χ3n) is 4.90. The number of ether oxygens (including phenoxy) is 3. The maximum Gasteiger partial charge on any atom is 0.261 e. The molecule has 0 aromatic heterocycles. The zero-order valence-electron chi connectivity index (χ0n) is 18.7. The fourth-order valence-corrected chi connectivity index (χ4v) is 3.48. The number of sulfonamides is 1. The van der Waals surface area contributed by atoms with Crippen molar-refractivity contribution in [2.45, 2.75) is 32.4 Å². The maximum absolute atomic E-state index is 12.8. The predicted molar refractivity (Wildman–Crippen MR) is 120 cm³/mol. The summed E-state index contributed by atoms with van der Waals surface area (Å²) >= 11 is 0. The summed E-state index contributed by atoms with van der Waals surface area (Å²) in [4.78, 5) is 12.8. The van der Waals surface area contributed by atoms with Gasteiger partial charge in [-0.05, 0) is 55.8 Å². The molecule has 8 nitrogen and oxygen atoms in total. The Morgan fingerprint density at radius 1 is 1.06 bits per heavy atom. The van der Waals surface area contributed by atoms with Crippen molar-refractivity contribution in [1.29, 1.82) is 0 Å². The van der Waals surface area contributed by atoms with Crippen LogP contribution in [0, 0.1) is 0 Å². The van der Waals surface area contributed by atoms with Crippen molar-refractivity contribution in [2.24, 2.45) is 0 Å². The molecule has 0 radical (unpaired) electrons. The number of benzene rings is 2. The number of nitrogens with one attached hydrogen (secondary N) is 1. The molecule has 0 fully saturated rings. The number of carbonyl (C=O) groups is 1. The molecule has 1 N–H and O–H groups in total. The van der Waals surface area contributed by atoms with Crippen LogP contribution < -0.4 is 23.8 Å². The summed E-state index contributed by atoms with van der Waals surface area (Å²) in [7, 11) is 1.27. The fraction of sp³-hybridized carbons (Fsp3) is 0.409. The van der Waals surface area contributed by atoms with Crippen molar-refractivity contribution < 1.29 is 27.4 Å². The van der Waals surface area contributed by atoms with E-state index in [2.05, 4.69) is 5.32 Å². The van der Waals surface area contributed by atoms with E-state index in [1.807, 2.05) is 19.9 Å². The molecule has 0 saturated carbocycles. The minimum atomic E-state index is -3.35. The highest BCUT2D eigenvalue weighted by Crippen LogP contribution is 2.29. The first kappa shape index (κ1) is 24.3. The van der Waals surface area contributed by atoms with Crippen LogP contribution in [0.15, 0.2) is 42.5 Å². The minimum absolute atomic E-state index is 0.266. The molecule has 170 valence electrons. The standard InChI is InChI=1S/C22H30N2O6S/c1-7-20(30-17-10-8-16(9-11-17)24(3)31(6,26)27)22(25)23-15(2)19-14-18(28-4)12-13-21(19)29-5/h8-15,20H,7H2,1-6H3,(H,23,25)/t15-,20+/m0/s1. The van der Waals surface area contributed by atoms with Crippen LogP contribution in [0.4, 0.5) is 5.69 Å². The first-order valence-electron chi connectivity index (χ1n) is 9.83. The molecule has 0 aliphatic heterocycles. The van der Waals surface area contributed by atoms with Gasteiger partial charge in [0.05, 0.1) is 32.2 Å². The van der Waals surface area contributed by atoms with Gasteiger partial charge in [-0.3, -0.25) is 9.10 Å². The molecule has 2 aromatic carbocycles. The van der Waals surface area contributed by atoms with E-state index in [0.717, 1.165) is 11.8 Å². The Kier molecular flexibility index (Phi) is 8.15. The summed E-state index contributed by atoms with van der Waals surface area (Å²) in [5.41, 5.74) is 1.30. The largest absolute Gasteiger partial charge is 0.497 e. The van der Waals surface area contributed by atoms with E-state index in [4.69, 9.17) is 14.2 Å². The fourth-order valence-electron chi connectivity index (χ4n) is 2.97. The lowest BCUT2D eigenvalue weighted by molar-refractivity contribution is -0.128. The topological polar surface area (TPSA) is 94.2 Å². The molecule has 0 aliphatic rings. The zero-order valence-corrected chi connectivity index (χ0v) is 19.5. The van der Waals surface area contributed by atoms with Crippen molar-refractivity contribution in [3.63, 3.8) is 0 Å². The number of methoxy groups -OCH3 is 2. The number of amides is 1. The van der Waals surface area contributed by atoms with Gasteiger partial charge in [-0.15, -0.1) is 0 Å². The number of anilines is 1. The van der Waals surface area contributed by atoms with Crippen LogP contribution in [0.3, 0.4) is 0 Å². The van der Waals surface area contributed by atoms with E-state index >= 15 is 0 Å². The van der Waals surface area contributed by atoms with E-state index in [-0.39, 0.29) is 11.9 Å². The molecule has 31 heavy (non-hydrogen) atoms. The molecule has 9 heteroatoms. The summed E-state index contributed by atoms with van der Waals surface area (Å²) in [6.45, 7) is 3.71. The minimum Gasteiger partial charge on any atom is -0.497 e. The van der Waals surface area contributed by atoms with Crippen LogP contribution >= 0.6 is 0 Å². The van der Waals surface area contributed by atoms with Gasteiger partial charge in [0, 0.05) is 12.6 Å². The summed E-state index contributed by atoms with van der Waals surface area (Å²) in [6, 6.07) is 11.6. The average Bonchev–Trinajstić information content (AvgIpc) is 2.76. The molecule has 0 bridgehead atoms. The lowest BCUT2D eigenvalue weighted by Crippen LogP contribution is -2.39. The number of carbonyl (C=O) groups excluding carboxylic acids is 1. The van der Waals surface area contributed by atoms with Gasteiger partial charge >= 0.3 is 0 Å². The second kappa shape index (κ2) is 10.4. The van der Waals surface area contributed by atoms with Gasteiger partial charge in [-0.25, -0.2) is 8.42 Å². The van der Waals surface area contributed by atoms with Crippen LogP contribution in [-0.4, -0.2) is 48.0 Å². The Hall–Kier alpha value is -2.94. The molecular formula is C22H30N2O6S. The SMILES string of the molecule is CC[C@@H](Oc1ccc(N(C)S(C)(=O)=O)cc1)C(=O)N[C@@H](C)c1cc(OC)ccc1OC. The van der Waals surface area contributed by atoms with Crippen LogP contribution in [-0.2, 0) is 14.8 Å². The molecule has 0 unspecified atom stereocenters. The second-order valence-corrected chi connectivity index (χ2v) is 9.09. The molecule has 0 aliphatic carbocycles. The smallest absolute Gasteiger partial charge is 0.261 e. The van der Waals surface area contributed by atoms with Crippen molar-refractivity contribution in [3.05, 3.63) is 48.0 Å². The van der Waals surface area contributed by atoms with Crippen molar-refractivity contribution in [1.82, 2.24) is 5.32 Å². The van der Waals surface area contributed by atoms with Crippen molar-refractivity contribution in [3.8, 4) is 17.2 Å². The summed E-state index contributed by atoms with van der Waals surface area (Å²) in [5.74, 6) is 1.52. The highest BCUT2D eigenvalue weighted by molar-refractivity contribution is 7.92. The molecule has 0 heterocycles. The third kappa shape index (κ3) is 6.27. The van der Waals surface area contributed by atoms with Crippen LogP contribution in [0.1, 0.15) is 31.9 Å². The molecule has 2 aromatic rings. The first-order valence-corrected chi connectivity index (χ1v) is 11.7.